The van der Waals surface area contributed by atoms with Crippen molar-refractivity contribution in [2.75, 3.05) is 0 Å². The zero-order chi connectivity index (χ0) is 16.4. The Morgan fingerprint density at radius 1 is 1.00 bits per heavy atom. The number of hydrogen-bond donors (Lipinski definition) is 0. The van der Waals surface area contributed by atoms with Gasteiger partial charge in [-0.3, -0.25) is 0 Å². The summed E-state index contributed by atoms with van der Waals surface area (Å²) in [5.74, 6) is 0.267. The van der Waals surface area contributed by atoms with Crippen molar-refractivity contribution in [1.29, 1.82) is 0 Å². The Kier molecular flexibility index (Phi) is 3.59. The van der Waals surface area contributed by atoms with Gasteiger partial charge >= 0.3 is 5.97 Å². The minimum atomic E-state index is -0.532. The summed E-state index contributed by atoms with van der Waals surface area (Å²) >= 11 is 0. The van der Waals surface area contributed by atoms with Crippen LogP contribution in [-0.4, -0.2) is 11.1 Å². The van der Waals surface area contributed by atoms with Gasteiger partial charge in [0.15, 0.2) is 5.76 Å². The lowest BCUT2D eigenvalue weighted by molar-refractivity contribution is 0.0430. The molecule has 0 radical (unpaired) electrons. The summed E-state index contributed by atoms with van der Waals surface area (Å²) < 4.78 is 16.0. The van der Waals surface area contributed by atoms with E-state index < -0.39 is 5.97 Å². The van der Waals surface area contributed by atoms with Crippen LogP contribution < -0.4 is 0 Å². The number of esters is 1. The molecule has 4 aromatic rings. The highest BCUT2D eigenvalue weighted by Gasteiger charge is 2.15. The van der Waals surface area contributed by atoms with Crippen molar-refractivity contribution in [1.82, 2.24) is 5.16 Å². The van der Waals surface area contributed by atoms with Crippen LogP contribution in [0.4, 0.5) is 0 Å². The van der Waals surface area contributed by atoms with E-state index >= 15 is 0 Å². The second-order valence-corrected chi connectivity index (χ2v) is 5.27. The smallest absolute Gasteiger partial charge is 0.374 e. The molecule has 0 N–H and O–H groups in total. The topological polar surface area (TPSA) is 65.5 Å². The van der Waals surface area contributed by atoms with Gasteiger partial charge in [0, 0.05) is 17.0 Å². The van der Waals surface area contributed by atoms with Crippen molar-refractivity contribution in [3.05, 3.63) is 78.2 Å². The van der Waals surface area contributed by atoms with Crippen LogP contribution in [0.5, 0.6) is 0 Å². The summed E-state index contributed by atoms with van der Waals surface area (Å²) in [6.45, 7) is 0.0201. The van der Waals surface area contributed by atoms with Crippen LogP contribution in [0.2, 0.25) is 0 Å². The normalized spacial score (nSPS) is 10.8. The fraction of sp³-hybridized carbons (Fsp3) is 0.0526. The number of para-hydroxylation sites is 1. The number of benzene rings is 2. The van der Waals surface area contributed by atoms with Crippen molar-refractivity contribution in [3.63, 3.8) is 0 Å². The first-order chi connectivity index (χ1) is 11.8. The average molecular weight is 319 g/mol. The molecule has 0 bridgehead atoms. The van der Waals surface area contributed by atoms with E-state index in [9.17, 15) is 4.79 Å². The number of furan rings is 1. The Hall–Kier alpha value is -3.34. The lowest BCUT2D eigenvalue weighted by atomic mass is 10.2. The van der Waals surface area contributed by atoms with Gasteiger partial charge in [0.05, 0.1) is 0 Å². The van der Waals surface area contributed by atoms with E-state index in [0.29, 0.717) is 17.0 Å². The van der Waals surface area contributed by atoms with Gasteiger partial charge in [0.1, 0.15) is 17.9 Å². The lowest BCUT2D eigenvalue weighted by Gasteiger charge is -1.98. The first-order valence-corrected chi connectivity index (χ1v) is 7.46. The Balaban J connectivity index is 1.45. The summed E-state index contributed by atoms with van der Waals surface area (Å²) in [5, 5.41) is 4.78. The third kappa shape index (κ3) is 2.79. The van der Waals surface area contributed by atoms with Crippen LogP contribution in [0.15, 0.2) is 75.7 Å². The summed E-state index contributed by atoms with van der Waals surface area (Å²) in [6.07, 6.45) is 0. The maximum atomic E-state index is 12.1. The summed E-state index contributed by atoms with van der Waals surface area (Å²) in [5.41, 5.74) is 2.11. The van der Waals surface area contributed by atoms with E-state index in [1.54, 1.807) is 18.2 Å². The number of nitrogens with zero attached hydrogens (tertiary/aromatic N) is 1. The van der Waals surface area contributed by atoms with Gasteiger partial charge in [-0.05, 0) is 12.1 Å². The molecule has 0 unspecified atom stereocenters. The predicted molar refractivity (Wildman–Crippen MR) is 87.3 cm³/mol. The molecule has 0 aliphatic rings. The quantitative estimate of drug-likeness (QED) is 0.520. The molecule has 2 aromatic carbocycles. The standard InChI is InChI=1S/C19H13NO4/c21-19(18-10-14-8-4-5-9-16(14)23-18)22-12-15-11-17(24-20-15)13-6-2-1-3-7-13/h1-11H,12H2. The molecule has 0 aliphatic heterocycles. The van der Waals surface area contributed by atoms with Gasteiger partial charge in [-0.1, -0.05) is 53.7 Å². The van der Waals surface area contributed by atoms with Crippen LogP contribution in [0.3, 0.4) is 0 Å². The van der Waals surface area contributed by atoms with E-state index in [2.05, 4.69) is 5.16 Å². The van der Waals surface area contributed by atoms with Crippen molar-refractivity contribution < 1.29 is 18.5 Å². The van der Waals surface area contributed by atoms with Crippen LogP contribution >= 0.6 is 0 Å². The molecule has 0 amide bonds. The number of carbonyl (C=O) groups excluding carboxylic acids is 1. The van der Waals surface area contributed by atoms with Gasteiger partial charge in [-0.2, -0.15) is 0 Å². The fourth-order valence-corrected chi connectivity index (χ4v) is 2.41. The van der Waals surface area contributed by atoms with Crippen LogP contribution in [0.1, 0.15) is 16.2 Å². The van der Waals surface area contributed by atoms with Crippen molar-refractivity contribution >= 4 is 16.9 Å². The molecule has 0 aliphatic carbocycles. The minimum Gasteiger partial charge on any atom is -0.453 e. The average Bonchev–Trinajstić information content (AvgIpc) is 3.27. The maximum Gasteiger partial charge on any atom is 0.374 e. The zero-order valence-electron chi connectivity index (χ0n) is 12.6. The van der Waals surface area contributed by atoms with Crippen molar-refractivity contribution in [2.24, 2.45) is 0 Å². The van der Waals surface area contributed by atoms with E-state index in [0.717, 1.165) is 10.9 Å². The van der Waals surface area contributed by atoms with Crippen LogP contribution in [-0.2, 0) is 11.3 Å². The monoisotopic (exact) mass is 319 g/mol. The molecule has 0 saturated carbocycles. The molecule has 118 valence electrons. The third-order valence-electron chi connectivity index (χ3n) is 3.60. The SMILES string of the molecule is O=C(OCc1cc(-c2ccccc2)on1)c1cc2ccccc2o1. The van der Waals surface area contributed by atoms with Crippen LogP contribution in [0.25, 0.3) is 22.3 Å². The Labute approximate surface area is 137 Å². The van der Waals surface area contributed by atoms with Crippen molar-refractivity contribution in [2.45, 2.75) is 6.61 Å². The van der Waals surface area contributed by atoms with E-state index in [4.69, 9.17) is 13.7 Å². The highest BCUT2D eigenvalue weighted by atomic mass is 16.5. The molecule has 4 rings (SSSR count). The molecule has 2 heterocycles. The molecular weight excluding hydrogens is 306 g/mol. The summed E-state index contributed by atoms with van der Waals surface area (Å²) in [4.78, 5) is 12.1. The number of fused-ring (bicyclic) bond motifs is 1. The van der Waals surface area contributed by atoms with Gasteiger partial charge < -0.3 is 13.7 Å². The zero-order valence-corrected chi connectivity index (χ0v) is 12.6. The first-order valence-electron chi connectivity index (χ1n) is 7.46. The van der Waals surface area contributed by atoms with Crippen molar-refractivity contribution in [3.8, 4) is 11.3 Å². The minimum absolute atomic E-state index is 0.0201. The second kappa shape index (κ2) is 6.04. The number of rotatable bonds is 4. The summed E-state index contributed by atoms with van der Waals surface area (Å²) in [7, 11) is 0. The molecular formula is C19H13NO4. The van der Waals surface area contributed by atoms with Gasteiger partial charge in [0.2, 0.25) is 5.76 Å². The number of ether oxygens (including phenoxy) is 1. The molecule has 0 spiro atoms. The molecule has 0 atom stereocenters. The lowest BCUT2D eigenvalue weighted by Crippen LogP contribution is -2.03. The Morgan fingerprint density at radius 2 is 1.79 bits per heavy atom. The molecule has 5 heteroatoms. The van der Waals surface area contributed by atoms with E-state index in [1.807, 2.05) is 48.5 Å². The molecule has 2 aromatic heterocycles. The van der Waals surface area contributed by atoms with E-state index in [-0.39, 0.29) is 12.4 Å². The van der Waals surface area contributed by atoms with E-state index in [1.165, 1.54) is 0 Å². The van der Waals surface area contributed by atoms with Crippen LogP contribution in [0, 0.1) is 0 Å². The molecule has 5 nitrogen and oxygen atoms in total. The van der Waals surface area contributed by atoms with Gasteiger partial charge in [-0.25, -0.2) is 4.79 Å². The fourth-order valence-electron chi connectivity index (χ4n) is 2.41. The van der Waals surface area contributed by atoms with Gasteiger partial charge in [0.25, 0.3) is 0 Å². The molecule has 0 fully saturated rings. The Morgan fingerprint density at radius 3 is 2.62 bits per heavy atom. The first kappa shape index (κ1) is 14.3. The number of aromatic nitrogens is 1. The highest BCUT2D eigenvalue weighted by molar-refractivity contribution is 5.92. The maximum absolute atomic E-state index is 12.1. The second-order valence-electron chi connectivity index (χ2n) is 5.27. The predicted octanol–water partition coefficient (Wildman–Crippen LogP) is 4.44. The van der Waals surface area contributed by atoms with Gasteiger partial charge in [-0.15, -0.1) is 0 Å². The summed E-state index contributed by atoms with van der Waals surface area (Å²) in [6, 6.07) is 20.4. The molecule has 0 saturated heterocycles. The molecule has 24 heavy (non-hydrogen) atoms. The number of carbonyl (C=O) groups is 1. The Bertz CT molecular complexity index is 952. The largest absolute Gasteiger partial charge is 0.453 e. The number of hydrogen-bond acceptors (Lipinski definition) is 5. The third-order valence-corrected chi connectivity index (χ3v) is 3.60. The highest BCUT2D eigenvalue weighted by Crippen LogP contribution is 2.22.